The minimum absolute atomic E-state index is 0.214. The number of rotatable bonds is 4. The summed E-state index contributed by atoms with van der Waals surface area (Å²) < 4.78 is 55.9. The van der Waals surface area contributed by atoms with Crippen LogP contribution in [0.25, 0.3) is 0 Å². The van der Waals surface area contributed by atoms with Gasteiger partial charge in [0.05, 0.1) is 24.7 Å². The monoisotopic (exact) mass is 324 g/mol. The third-order valence-corrected chi connectivity index (χ3v) is 6.00. The molecule has 0 saturated heterocycles. The van der Waals surface area contributed by atoms with Gasteiger partial charge in [-0.1, -0.05) is 0 Å². The molecule has 8 heteroatoms. The molecule has 4 bridgehead atoms. The highest BCUT2D eigenvalue weighted by Crippen LogP contribution is 2.56. The molecule has 0 unspecified atom stereocenters. The molecule has 4 fully saturated rings. The molecule has 4 rings (SSSR count). The molecule has 0 spiro atoms. The minimum Gasteiger partial charge on any atom is -0.266 e. The fourth-order valence-electron chi connectivity index (χ4n) is 4.50. The first kappa shape index (κ1) is 14.7. The lowest BCUT2D eigenvalue weighted by Crippen LogP contribution is -2.56. The highest BCUT2D eigenvalue weighted by atomic mass is 32.2. The zero-order valence-corrected chi connectivity index (χ0v) is 13.2. The fraction of sp³-hybridized carbons (Fsp3) is 1.00. The summed E-state index contributed by atoms with van der Waals surface area (Å²) in [5, 5.41) is 0. The lowest BCUT2D eigenvalue weighted by atomic mass is 9.54. The van der Waals surface area contributed by atoms with E-state index < -0.39 is 20.2 Å². The molecule has 0 atom stereocenters. The largest absolute Gasteiger partial charge is 0.266 e. The predicted molar refractivity (Wildman–Crippen MR) is 71.9 cm³/mol. The first-order chi connectivity index (χ1) is 9.12. The summed E-state index contributed by atoms with van der Waals surface area (Å²) in [4.78, 5) is 0. The molecule has 0 aliphatic heterocycles. The van der Waals surface area contributed by atoms with E-state index in [0.717, 1.165) is 38.2 Å². The van der Waals surface area contributed by atoms with Crippen LogP contribution in [0.1, 0.15) is 25.7 Å². The number of hydrogen-bond donors (Lipinski definition) is 0. The van der Waals surface area contributed by atoms with Gasteiger partial charge in [-0.2, -0.15) is 16.8 Å². The second-order valence-electron chi connectivity index (χ2n) is 6.51. The fourth-order valence-corrected chi connectivity index (χ4v) is 5.94. The normalized spacial score (nSPS) is 43.9. The predicted octanol–water partition coefficient (Wildman–Crippen LogP) is 0.742. The van der Waals surface area contributed by atoms with Gasteiger partial charge in [0.15, 0.2) is 0 Å². The van der Waals surface area contributed by atoms with Gasteiger partial charge in [-0.05, 0) is 49.4 Å². The molecule has 4 aliphatic rings. The van der Waals surface area contributed by atoms with E-state index in [1.54, 1.807) is 0 Å². The van der Waals surface area contributed by atoms with E-state index >= 15 is 0 Å². The van der Waals surface area contributed by atoms with Gasteiger partial charge in [-0.3, -0.25) is 8.37 Å². The molecule has 0 amide bonds. The summed E-state index contributed by atoms with van der Waals surface area (Å²) in [6, 6.07) is 0. The Kier molecular flexibility index (Phi) is 3.43. The minimum atomic E-state index is -3.44. The molecule has 0 aromatic heterocycles. The zero-order chi connectivity index (χ0) is 14.7. The van der Waals surface area contributed by atoms with E-state index in [2.05, 4.69) is 0 Å². The average Bonchev–Trinajstić information content (AvgIpc) is 2.21. The topological polar surface area (TPSA) is 86.7 Å². The quantitative estimate of drug-likeness (QED) is 0.709. The summed E-state index contributed by atoms with van der Waals surface area (Å²) in [5.74, 6) is 0.858. The smallest absolute Gasteiger partial charge is 0.264 e. The van der Waals surface area contributed by atoms with Crippen LogP contribution in [0.4, 0.5) is 0 Å². The van der Waals surface area contributed by atoms with Crippen LogP contribution in [0.3, 0.4) is 0 Å². The van der Waals surface area contributed by atoms with Gasteiger partial charge in [0.2, 0.25) is 0 Å². The first-order valence-electron chi connectivity index (χ1n) is 6.89. The van der Waals surface area contributed by atoms with Crippen LogP contribution in [0.15, 0.2) is 0 Å². The maximum atomic E-state index is 11.3. The van der Waals surface area contributed by atoms with Crippen molar-refractivity contribution in [1.29, 1.82) is 0 Å². The van der Waals surface area contributed by atoms with E-state index in [1.807, 2.05) is 0 Å². The van der Waals surface area contributed by atoms with Crippen molar-refractivity contribution in [3.8, 4) is 0 Å². The first-order valence-corrected chi connectivity index (χ1v) is 10.5. The third-order valence-electron chi connectivity index (χ3n) is 4.85. The van der Waals surface area contributed by atoms with Crippen LogP contribution in [0.2, 0.25) is 0 Å². The Hall–Kier alpha value is -0.180. The van der Waals surface area contributed by atoms with Crippen molar-refractivity contribution in [3.05, 3.63) is 0 Å². The molecule has 6 nitrogen and oxygen atoms in total. The van der Waals surface area contributed by atoms with Crippen LogP contribution in [0, 0.1) is 23.7 Å². The maximum Gasteiger partial charge on any atom is 0.264 e. The van der Waals surface area contributed by atoms with Gasteiger partial charge in [-0.25, -0.2) is 0 Å². The Bertz CT molecular complexity index is 513. The molecule has 0 radical (unpaired) electrons. The zero-order valence-electron chi connectivity index (χ0n) is 11.6. The molecule has 4 saturated carbocycles. The summed E-state index contributed by atoms with van der Waals surface area (Å²) in [6.45, 7) is 0. The summed E-state index contributed by atoms with van der Waals surface area (Å²) in [6.07, 6.45) is 4.93. The Labute approximate surface area is 120 Å². The molecular weight excluding hydrogens is 304 g/mol. The molecule has 0 N–H and O–H groups in total. The lowest BCUT2D eigenvalue weighted by molar-refractivity contribution is -0.130. The SMILES string of the molecule is CS(=O)(=O)OC1C2CC3CC1CC(C2)C3OS(C)(=O)=O. The van der Waals surface area contributed by atoms with Crippen molar-refractivity contribution in [2.75, 3.05) is 12.5 Å². The third kappa shape index (κ3) is 2.88. The van der Waals surface area contributed by atoms with Gasteiger partial charge in [0.25, 0.3) is 20.2 Å². The molecule has 116 valence electrons. The van der Waals surface area contributed by atoms with Crippen molar-refractivity contribution in [3.63, 3.8) is 0 Å². The Morgan fingerprint density at radius 3 is 1.10 bits per heavy atom. The average molecular weight is 324 g/mol. The standard InChI is InChI=1S/C12H20O6S2/c1-19(13,14)17-11-7-3-9-5-8(11)6-10(4-7)12(9)18-20(2,15)16/h7-12H,3-6H2,1-2H3. The molecule has 0 heterocycles. The molecule has 0 aromatic rings. The molecule has 0 aromatic carbocycles. The van der Waals surface area contributed by atoms with E-state index in [4.69, 9.17) is 8.37 Å². The second kappa shape index (κ2) is 4.66. The van der Waals surface area contributed by atoms with Crippen molar-refractivity contribution in [1.82, 2.24) is 0 Å². The van der Waals surface area contributed by atoms with Crippen LogP contribution < -0.4 is 0 Å². The Morgan fingerprint density at radius 1 is 0.650 bits per heavy atom. The molecule has 20 heavy (non-hydrogen) atoms. The van der Waals surface area contributed by atoms with E-state index in [-0.39, 0.29) is 35.9 Å². The van der Waals surface area contributed by atoms with Gasteiger partial charge in [-0.15, -0.1) is 0 Å². The number of hydrogen-bond acceptors (Lipinski definition) is 6. The van der Waals surface area contributed by atoms with E-state index in [9.17, 15) is 16.8 Å². The van der Waals surface area contributed by atoms with E-state index in [0.29, 0.717) is 0 Å². The lowest BCUT2D eigenvalue weighted by Gasteiger charge is -2.56. The second-order valence-corrected chi connectivity index (χ2v) is 9.71. The van der Waals surface area contributed by atoms with Crippen LogP contribution in [-0.4, -0.2) is 41.6 Å². The summed E-state index contributed by atoms with van der Waals surface area (Å²) in [5.41, 5.74) is 0. The van der Waals surface area contributed by atoms with Gasteiger partial charge >= 0.3 is 0 Å². The molecule has 4 aliphatic carbocycles. The highest BCUT2D eigenvalue weighted by molar-refractivity contribution is 7.86. The summed E-state index contributed by atoms with van der Waals surface area (Å²) in [7, 11) is -6.88. The van der Waals surface area contributed by atoms with E-state index in [1.165, 1.54) is 0 Å². The molecular formula is C12H20O6S2. The Balaban J connectivity index is 1.76. The Morgan fingerprint density at radius 2 is 0.900 bits per heavy atom. The van der Waals surface area contributed by atoms with Crippen molar-refractivity contribution < 1.29 is 25.2 Å². The summed E-state index contributed by atoms with van der Waals surface area (Å²) >= 11 is 0. The maximum absolute atomic E-state index is 11.3. The van der Waals surface area contributed by atoms with Crippen molar-refractivity contribution in [2.24, 2.45) is 23.7 Å². The van der Waals surface area contributed by atoms with Crippen LogP contribution in [-0.2, 0) is 28.6 Å². The van der Waals surface area contributed by atoms with Gasteiger partial charge in [0, 0.05) is 0 Å². The highest BCUT2D eigenvalue weighted by Gasteiger charge is 2.55. The van der Waals surface area contributed by atoms with Gasteiger partial charge in [0.1, 0.15) is 0 Å². The van der Waals surface area contributed by atoms with Crippen molar-refractivity contribution in [2.45, 2.75) is 37.9 Å². The van der Waals surface area contributed by atoms with Crippen LogP contribution in [0.5, 0.6) is 0 Å². The van der Waals surface area contributed by atoms with Gasteiger partial charge < -0.3 is 0 Å². The van der Waals surface area contributed by atoms with Crippen molar-refractivity contribution >= 4 is 20.2 Å². The van der Waals surface area contributed by atoms with Crippen LogP contribution >= 0.6 is 0 Å².